The highest BCUT2D eigenvalue weighted by atomic mass is 32.2. The van der Waals surface area contributed by atoms with Gasteiger partial charge in [0.25, 0.3) is 0 Å². The molecule has 0 spiro atoms. The van der Waals surface area contributed by atoms with Crippen LogP contribution in [0, 0.1) is 0 Å². The summed E-state index contributed by atoms with van der Waals surface area (Å²) < 4.78 is 5.02. The van der Waals surface area contributed by atoms with Gasteiger partial charge in [0.2, 0.25) is 5.96 Å². The van der Waals surface area contributed by atoms with Crippen molar-refractivity contribution in [2.75, 3.05) is 32.6 Å². The van der Waals surface area contributed by atoms with Crippen molar-refractivity contribution in [3.05, 3.63) is 48.7 Å². The van der Waals surface area contributed by atoms with Gasteiger partial charge in [-0.1, -0.05) is 18.2 Å². The second kappa shape index (κ2) is 8.68. The Morgan fingerprint density at radius 2 is 1.96 bits per heavy atom. The van der Waals surface area contributed by atoms with Crippen molar-refractivity contribution in [3.8, 4) is 22.6 Å². The monoisotopic (exact) mass is 383 g/mol. The van der Waals surface area contributed by atoms with E-state index in [-0.39, 0.29) is 0 Å². The second-order valence-electron chi connectivity index (χ2n) is 6.13. The third-order valence-corrected chi connectivity index (χ3v) is 4.65. The van der Waals surface area contributed by atoms with Crippen LogP contribution in [0.4, 0.5) is 5.69 Å². The molecule has 2 aromatic heterocycles. The Morgan fingerprint density at radius 1 is 1.22 bits per heavy atom. The highest BCUT2D eigenvalue weighted by Crippen LogP contribution is 2.25. The van der Waals surface area contributed by atoms with Gasteiger partial charge in [-0.05, 0) is 31.2 Å². The van der Waals surface area contributed by atoms with Crippen LogP contribution in [-0.4, -0.2) is 47.8 Å². The van der Waals surface area contributed by atoms with Crippen molar-refractivity contribution in [2.45, 2.75) is 6.92 Å². The topological polar surface area (TPSA) is 73.3 Å². The summed E-state index contributed by atoms with van der Waals surface area (Å²) >= 11 is 1.41. The molecule has 0 radical (unpaired) electrons. The zero-order chi connectivity index (χ0) is 19.2. The molecular formula is C19H25N7S. The van der Waals surface area contributed by atoms with Crippen molar-refractivity contribution < 1.29 is 0 Å². The Kier molecular flexibility index (Phi) is 6.08. The first-order valence-corrected chi connectivity index (χ1v) is 9.54. The van der Waals surface area contributed by atoms with Gasteiger partial charge in [-0.2, -0.15) is 0 Å². The van der Waals surface area contributed by atoms with E-state index >= 15 is 0 Å². The molecule has 2 heterocycles. The number of nitrogens with one attached hydrogen (secondary N) is 3. The molecule has 8 heteroatoms. The highest BCUT2D eigenvalue weighted by molar-refractivity contribution is 7.96. The van der Waals surface area contributed by atoms with Crippen molar-refractivity contribution in [1.82, 2.24) is 24.2 Å². The lowest BCUT2D eigenvalue weighted by atomic mass is 10.1. The summed E-state index contributed by atoms with van der Waals surface area (Å²) in [6.07, 6.45) is 2.00. The molecule has 27 heavy (non-hydrogen) atoms. The maximum atomic E-state index is 4.80. The van der Waals surface area contributed by atoms with Gasteiger partial charge in [0.1, 0.15) is 0 Å². The zero-order valence-electron chi connectivity index (χ0n) is 16.0. The number of aromatic amines is 1. The fraction of sp³-hybridized carbons (Fsp3) is 0.263. The fourth-order valence-corrected chi connectivity index (χ4v) is 3.16. The maximum absolute atomic E-state index is 4.80. The lowest BCUT2D eigenvalue weighted by Crippen LogP contribution is -2.34. The number of H-pyrrole nitrogens is 1. The Labute approximate surface area is 164 Å². The number of pyridine rings is 1. The molecule has 0 aliphatic heterocycles. The minimum Gasteiger partial charge on any atom is -0.378 e. The molecule has 1 aromatic carbocycles. The number of guanidine groups is 1. The molecule has 0 amide bonds. The van der Waals surface area contributed by atoms with Gasteiger partial charge in [-0.25, -0.2) is 9.07 Å². The van der Waals surface area contributed by atoms with Crippen LogP contribution in [0.2, 0.25) is 0 Å². The number of aliphatic imine (C=N–C) groups is 1. The van der Waals surface area contributed by atoms with Crippen LogP contribution in [0.3, 0.4) is 0 Å². The van der Waals surface area contributed by atoms with E-state index in [4.69, 9.17) is 4.98 Å². The quantitative estimate of drug-likeness (QED) is 0.346. The minimum absolute atomic E-state index is 0.743. The van der Waals surface area contributed by atoms with Crippen LogP contribution in [0.15, 0.2) is 53.7 Å². The fourth-order valence-electron chi connectivity index (χ4n) is 2.51. The van der Waals surface area contributed by atoms with Crippen LogP contribution in [-0.2, 0) is 0 Å². The molecule has 0 aliphatic carbocycles. The number of rotatable bonds is 6. The van der Waals surface area contributed by atoms with E-state index < -0.39 is 0 Å². The Balaban J connectivity index is 1.71. The van der Waals surface area contributed by atoms with Gasteiger partial charge in [0.05, 0.1) is 35.4 Å². The molecule has 3 aromatic rings. The Hall–Kier alpha value is -2.87. The lowest BCUT2D eigenvalue weighted by molar-refractivity contribution is 0.887. The van der Waals surface area contributed by atoms with E-state index in [1.165, 1.54) is 12.1 Å². The molecule has 142 valence electrons. The summed E-state index contributed by atoms with van der Waals surface area (Å²) in [5, 5.41) is 6.41. The molecule has 3 rings (SSSR count). The van der Waals surface area contributed by atoms with Crippen LogP contribution < -0.4 is 14.9 Å². The van der Waals surface area contributed by atoms with E-state index in [1.54, 1.807) is 7.05 Å². The number of aromatic nitrogens is 3. The van der Waals surface area contributed by atoms with Crippen LogP contribution >= 0.6 is 12.1 Å². The van der Waals surface area contributed by atoms with Crippen molar-refractivity contribution >= 4 is 23.8 Å². The predicted octanol–water partition coefficient (Wildman–Crippen LogP) is 3.21. The predicted molar refractivity (Wildman–Crippen MR) is 115 cm³/mol. The lowest BCUT2D eigenvalue weighted by Gasteiger charge is -2.16. The van der Waals surface area contributed by atoms with Gasteiger partial charge in [0, 0.05) is 38.9 Å². The van der Waals surface area contributed by atoms with Crippen LogP contribution in [0.1, 0.15) is 6.92 Å². The van der Waals surface area contributed by atoms with Crippen molar-refractivity contribution in [2.24, 2.45) is 4.99 Å². The zero-order valence-corrected chi connectivity index (χ0v) is 16.8. The molecule has 0 fully saturated rings. The summed E-state index contributed by atoms with van der Waals surface area (Å²) in [5.74, 6) is 0.743. The minimum atomic E-state index is 0.743. The third-order valence-electron chi connectivity index (χ3n) is 3.97. The second-order valence-corrected chi connectivity index (χ2v) is 6.91. The number of nitrogens with zero attached hydrogens (tertiary/aromatic N) is 4. The van der Waals surface area contributed by atoms with E-state index in [0.29, 0.717) is 0 Å². The summed E-state index contributed by atoms with van der Waals surface area (Å²) in [6.45, 7) is 2.85. The Morgan fingerprint density at radius 3 is 2.67 bits per heavy atom. The number of anilines is 1. The maximum Gasteiger partial charge on any atom is 0.202 e. The van der Waals surface area contributed by atoms with E-state index in [1.807, 2.05) is 49.5 Å². The van der Waals surface area contributed by atoms with Gasteiger partial charge < -0.3 is 10.2 Å². The largest absolute Gasteiger partial charge is 0.378 e. The number of benzene rings is 1. The first-order chi connectivity index (χ1) is 13.1. The number of hydrogen-bond acceptors (Lipinski definition) is 4. The summed E-state index contributed by atoms with van der Waals surface area (Å²) in [6, 6.07) is 14.4. The average molecular weight is 384 g/mol. The van der Waals surface area contributed by atoms with Gasteiger partial charge in [-0.15, -0.1) is 0 Å². The third kappa shape index (κ3) is 4.65. The summed E-state index contributed by atoms with van der Waals surface area (Å²) in [4.78, 5) is 11.0. The van der Waals surface area contributed by atoms with Crippen LogP contribution in [0.5, 0.6) is 0 Å². The smallest absolute Gasteiger partial charge is 0.202 e. The molecule has 0 bridgehead atoms. The molecule has 0 aliphatic rings. The molecule has 3 N–H and O–H groups in total. The Bertz CT molecular complexity index is 898. The van der Waals surface area contributed by atoms with Crippen LogP contribution in [0.25, 0.3) is 22.6 Å². The van der Waals surface area contributed by atoms with Gasteiger partial charge in [-0.3, -0.25) is 14.8 Å². The van der Waals surface area contributed by atoms with Gasteiger partial charge in [0.15, 0.2) is 0 Å². The van der Waals surface area contributed by atoms with E-state index in [2.05, 4.69) is 49.3 Å². The highest BCUT2D eigenvalue weighted by Gasteiger charge is 2.09. The first kappa shape index (κ1) is 18.9. The molecule has 0 unspecified atom stereocenters. The summed E-state index contributed by atoms with van der Waals surface area (Å²) in [5.41, 5.74) is 5.11. The van der Waals surface area contributed by atoms with Crippen molar-refractivity contribution in [3.63, 3.8) is 0 Å². The molecule has 7 nitrogen and oxygen atoms in total. The van der Waals surface area contributed by atoms with E-state index in [9.17, 15) is 0 Å². The first-order valence-electron chi connectivity index (χ1n) is 8.77. The SMILES string of the molecule is CCNC(=NC)NSn1cc(-c2cccc(-c3cccc(N(C)C)c3)n2)[nH]1. The molecule has 0 saturated heterocycles. The molecular weight excluding hydrogens is 358 g/mol. The molecule has 0 saturated carbocycles. The normalized spacial score (nSPS) is 11.5. The van der Waals surface area contributed by atoms with E-state index in [0.717, 1.165) is 40.8 Å². The molecule has 0 atom stereocenters. The average Bonchev–Trinajstić information content (AvgIpc) is 2.66. The standard InChI is InChI=1S/C19H25N7S/c1-5-21-19(20-2)24-27-26-13-18(23-26)17-11-7-10-16(22-17)14-8-6-9-15(12-14)25(3)4/h6-13,23H,5H2,1-4H3,(H2,20,21,24). The summed E-state index contributed by atoms with van der Waals surface area (Å²) in [7, 11) is 5.82. The van der Waals surface area contributed by atoms with Gasteiger partial charge >= 0.3 is 0 Å². The van der Waals surface area contributed by atoms with Crippen molar-refractivity contribution in [1.29, 1.82) is 0 Å². The number of hydrogen-bond donors (Lipinski definition) is 3.